The van der Waals surface area contributed by atoms with Crippen molar-refractivity contribution >= 4 is 6.29 Å². The van der Waals surface area contributed by atoms with Gasteiger partial charge in [-0.1, -0.05) is 6.07 Å². The average molecular weight is 218 g/mol. The fourth-order valence-electron chi connectivity index (χ4n) is 1.45. The molecule has 0 saturated heterocycles. The predicted molar refractivity (Wildman–Crippen MR) is 57.6 cm³/mol. The standard InChI is InChI=1S/C11H10N2O3/c1-16-9-4-2-3-8(15)10(9)11-12-5-7(6-14)13-11/h2-6,15H,1H3,(H,12,13). The monoisotopic (exact) mass is 218 g/mol. The molecule has 0 amide bonds. The molecule has 0 fully saturated rings. The average Bonchev–Trinajstić information content (AvgIpc) is 2.76. The Labute approximate surface area is 91.7 Å². The number of phenolic OH excluding ortho intramolecular Hbond substituents is 1. The number of hydrogen-bond donors (Lipinski definition) is 2. The quantitative estimate of drug-likeness (QED) is 0.767. The van der Waals surface area contributed by atoms with Crippen LogP contribution in [0.5, 0.6) is 11.5 Å². The third-order valence-electron chi connectivity index (χ3n) is 2.18. The molecule has 2 rings (SSSR count). The van der Waals surface area contributed by atoms with Gasteiger partial charge in [-0.25, -0.2) is 4.98 Å². The molecule has 0 aliphatic rings. The Balaban J connectivity index is 2.57. The van der Waals surface area contributed by atoms with Crippen LogP contribution in [0.3, 0.4) is 0 Å². The second-order valence-electron chi connectivity index (χ2n) is 3.15. The van der Waals surface area contributed by atoms with Crippen molar-refractivity contribution in [2.24, 2.45) is 0 Å². The van der Waals surface area contributed by atoms with E-state index in [4.69, 9.17) is 4.74 Å². The summed E-state index contributed by atoms with van der Waals surface area (Å²) in [6.45, 7) is 0. The number of aromatic nitrogens is 2. The van der Waals surface area contributed by atoms with Crippen molar-refractivity contribution in [2.75, 3.05) is 7.11 Å². The van der Waals surface area contributed by atoms with Gasteiger partial charge in [-0.2, -0.15) is 0 Å². The summed E-state index contributed by atoms with van der Waals surface area (Å²) in [4.78, 5) is 17.3. The third kappa shape index (κ3) is 1.63. The van der Waals surface area contributed by atoms with E-state index in [1.807, 2.05) is 0 Å². The van der Waals surface area contributed by atoms with Gasteiger partial charge in [-0.15, -0.1) is 0 Å². The van der Waals surface area contributed by atoms with E-state index in [1.54, 1.807) is 12.1 Å². The molecule has 2 N–H and O–H groups in total. The topological polar surface area (TPSA) is 75.2 Å². The lowest BCUT2D eigenvalue weighted by molar-refractivity contribution is 0.111. The molecule has 5 nitrogen and oxygen atoms in total. The smallest absolute Gasteiger partial charge is 0.170 e. The summed E-state index contributed by atoms with van der Waals surface area (Å²) >= 11 is 0. The molecule has 1 aromatic heterocycles. The number of benzene rings is 1. The van der Waals surface area contributed by atoms with Gasteiger partial charge >= 0.3 is 0 Å². The van der Waals surface area contributed by atoms with Crippen LogP contribution in [0.4, 0.5) is 0 Å². The SMILES string of the molecule is COc1cccc(O)c1-c1nc(C=O)c[nH]1. The maximum atomic E-state index is 10.5. The van der Waals surface area contributed by atoms with E-state index in [2.05, 4.69) is 9.97 Å². The van der Waals surface area contributed by atoms with Gasteiger partial charge in [0.25, 0.3) is 0 Å². The van der Waals surface area contributed by atoms with Crippen LogP contribution in [0.25, 0.3) is 11.4 Å². The number of hydrogen-bond acceptors (Lipinski definition) is 4. The number of nitrogens with one attached hydrogen (secondary N) is 1. The maximum absolute atomic E-state index is 10.5. The number of aromatic hydroxyl groups is 1. The largest absolute Gasteiger partial charge is 0.507 e. The number of aldehydes is 1. The number of methoxy groups -OCH3 is 1. The van der Waals surface area contributed by atoms with Crippen molar-refractivity contribution in [3.05, 3.63) is 30.1 Å². The zero-order valence-corrected chi connectivity index (χ0v) is 8.60. The summed E-state index contributed by atoms with van der Waals surface area (Å²) in [6, 6.07) is 4.90. The van der Waals surface area contributed by atoms with E-state index in [9.17, 15) is 9.90 Å². The molecule has 0 aliphatic carbocycles. The van der Waals surface area contributed by atoms with E-state index >= 15 is 0 Å². The van der Waals surface area contributed by atoms with Crippen LogP contribution in [-0.2, 0) is 0 Å². The van der Waals surface area contributed by atoms with Crippen molar-refractivity contribution < 1.29 is 14.6 Å². The number of imidazole rings is 1. The first-order valence-electron chi connectivity index (χ1n) is 4.63. The number of ether oxygens (including phenoxy) is 1. The lowest BCUT2D eigenvalue weighted by atomic mass is 10.1. The molecule has 0 spiro atoms. The number of rotatable bonds is 3. The van der Waals surface area contributed by atoms with Crippen LogP contribution < -0.4 is 4.74 Å². The van der Waals surface area contributed by atoms with Gasteiger partial charge in [0.2, 0.25) is 0 Å². The zero-order valence-electron chi connectivity index (χ0n) is 8.60. The molecule has 82 valence electrons. The summed E-state index contributed by atoms with van der Waals surface area (Å²) in [6.07, 6.45) is 2.10. The Morgan fingerprint density at radius 2 is 2.31 bits per heavy atom. The van der Waals surface area contributed by atoms with Crippen LogP contribution in [0.15, 0.2) is 24.4 Å². The highest BCUT2D eigenvalue weighted by Gasteiger charge is 2.13. The minimum absolute atomic E-state index is 0.0474. The van der Waals surface area contributed by atoms with Crippen molar-refractivity contribution in [2.45, 2.75) is 0 Å². The van der Waals surface area contributed by atoms with Gasteiger partial charge in [-0.3, -0.25) is 4.79 Å². The Morgan fingerprint density at radius 3 is 2.94 bits per heavy atom. The molecule has 0 atom stereocenters. The van der Waals surface area contributed by atoms with Crippen LogP contribution in [0.1, 0.15) is 10.5 Å². The van der Waals surface area contributed by atoms with Gasteiger partial charge in [-0.05, 0) is 12.1 Å². The minimum atomic E-state index is 0.0474. The van der Waals surface area contributed by atoms with Crippen molar-refractivity contribution in [1.29, 1.82) is 0 Å². The third-order valence-corrected chi connectivity index (χ3v) is 2.18. The van der Waals surface area contributed by atoms with Crippen LogP contribution in [-0.4, -0.2) is 28.5 Å². The van der Waals surface area contributed by atoms with Gasteiger partial charge in [0.05, 0.1) is 7.11 Å². The molecule has 0 saturated carbocycles. The number of phenols is 1. The summed E-state index contributed by atoms with van der Waals surface area (Å²) in [5.41, 5.74) is 0.721. The van der Waals surface area contributed by atoms with Crippen molar-refractivity contribution in [3.8, 4) is 22.9 Å². The van der Waals surface area contributed by atoms with Crippen molar-refractivity contribution in [3.63, 3.8) is 0 Å². The highest BCUT2D eigenvalue weighted by Crippen LogP contribution is 2.35. The van der Waals surface area contributed by atoms with Gasteiger partial charge in [0.15, 0.2) is 6.29 Å². The molecule has 0 bridgehead atoms. The first-order valence-corrected chi connectivity index (χ1v) is 4.63. The van der Waals surface area contributed by atoms with Crippen molar-refractivity contribution in [1.82, 2.24) is 9.97 Å². The molecule has 16 heavy (non-hydrogen) atoms. The molecule has 0 radical (unpaired) electrons. The highest BCUT2D eigenvalue weighted by atomic mass is 16.5. The Bertz CT molecular complexity index is 520. The number of carbonyl (C=O) groups is 1. The van der Waals surface area contributed by atoms with E-state index in [-0.39, 0.29) is 11.4 Å². The molecule has 1 heterocycles. The zero-order chi connectivity index (χ0) is 11.5. The summed E-state index contributed by atoms with van der Waals surface area (Å²) < 4.78 is 5.12. The lowest BCUT2D eigenvalue weighted by Crippen LogP contribution is -1.90. The Hall–Kier alpha value is -2.30. The summed E-state index contributed by atoms with van der Waals surface area (Å²) in [5, 5.41) is 9.73. The number of nitrogens with zero attached hydrogens (tertiary/aromatic N) is 1. The fourth-order valence-corrected chi connectivity index (χ4v) is 1.45. The van der Waals surface area contributed by atoms with Gasteiger partial charge in [0, 0.05) is 6.20 Å². The molecule has 1 aromatic carbocycles. The normalized spacial score (nSPS) is 10.1. The van der Waals surface area contributed by atoms with Crippen LogP contribution >= 0.6 is 0 Å². The number of carbonyl (C=O) groups excluding carboxylic acids is 1. The van der Waals surface area contributed by atoms with Crippen LogP contribution in [0, 0.1) is 0 Å². The molecular formula is C11H10N2O3. The van der Waals surface area contributed by atoms with E-state index in [0.29, 0.717) is 23.4 Å². The second kappa shape index (κ2) is 4.06. The lowest BCUT2D eigenvalue weighted by Gasteiger charge is -2.07. The number of aromatic amines is 1. The van der Waals surface area contributed by atoms with Gasteiger partial charge < -0.3 is 14.8 Å². The Kier molecular flexibility index (Phi) is 2.59. The van der Waals surface area contributed by atoms with E-state index in [1.165, 1.54) is 19.4 Å². The molecule has 0 aliphatic heterocycles. The molecule has 5 heteroatoms. The molecular weight excluding hydrogens is 208 g/mol. The fraction of sp³-hybridized carbons (Fsp3) is 0.0909. The predicted octanol–water partition coefficient (Wildman–Crippen LogP) is 1.60. The van der Waals surface area contributed by atoms with Gasteiger partial charge in [0.1, 0.15) is 28.6 Å². The highest BCUT2D eigenvalue weighted by molar-refractivity contribution is 5.76. The molecule has 2 aromatic rings. The van der Waals surface area contributed by atoms with Crippen LogP contribution in [0.2, 0.25) is 0 Å². The second-order valence-corrected chi connectivity index (χ2v) is 3.15. The Morgan fingerprint density at radius 1 is 1.50 bits per heavy atom. The maximum Gasteiger partial charge on any atom is 0.170 e. The first kappa shape index (κ1) is 10.2. The summed E-state index contributed by atoms with van der Waals surface area (Å²) in [7, 11) is 1.50. The van der Waals surface area contributed by atoms with E-state index in [0.717, 1.165) is 0 Å². The molecule has 0 unspecified atom stereocenters. The summed E-state index contributed by atoms with van der Waals surface area (Å²) in [5.74, 6) is 0.940. The first-order chi connectivity index (χ1) is 7.76. The van der Waals surface area contributed by atoms with E-state index < -0.39 is 0 Å². The minimum Gasteiger partial charge on any atom is -0.507 e. The number of H-pyrrole nitrogens is 1.